The Bertz CT molecular complexity index is 798. The molecule has 3 nitrogen and oxygen atoms in total. The minimum atomic E-state index is -0.268. The number of hydroxylamine groups is 2. The van der Waals surface area contributed by atoms with Gasteiger partial charge in [0.25, 0.3) is 0 Å². The molecule has 3 rings (SSSR count). The first-order valence-corrected chi connectivity index (χ1v) is 8.40. The quantitative estimate of drug-likeness (QED) is 0.525. The van der Waals surface area contributed by atoms with Gasteiger partial charge < -0.3 is 0 Å². The number of nitrogens with zero attached hydrogens (tertiary/aromatic N) is 1. The maximum absolute atomic E-state index is 12.1. The standard InChI is InChI=1S/C22H21NO2/c24-22(23(25)17-19-7-3-1-4-8-19)16-13-18-11-14-21(15-12-18)20-9-5-2-6-10-20/h1-12,14-15,25H,13,16-17H2. The third-order valence-corrected chi connectivity index (χ3v) is 4.15. The summed E-state index contributed by atoms with van der Waals surface area (Å²) in [5.41, 5.74) is 4.32. The zero-order chi connectivity index (χ0) is 17.5. The summed E-state index contributed by atoms with van der Waals surface area (Å²) in [6.45, 7) is 0.215. The van der Waals surface area contributed by atoms with Gasteiger partial charge in [0, 0.05) is 6.42 Å². The van der Waals surface area contributed by atoms with Crippen LogP contribution in [0.3, 0.4) is 0 Å². The molecule has 1 N–H and O–H groups in total. The van der Waals surface area contributed by atoms with Crippen LogP contribution in [-0.2, 0) is 17.8 Å². The summed E-state index contributed by atoms with van der Waals surface area (Å²) in [7, 11) is 0. The van der Waals surface area contributed by atoms with Crippen LogP contribution in [0.25, 0.3) is 11.1 Å². The second-order valence-corrected chi connectivity index (χ2v) is 6.00. The van der Waals surface area contributed by atoms with E-state index in [0.29, 0.717) is 6.42 Å². The number of benzene rings is 3. The monoisotopic (exact) mass is 331 g/mol. The Labute approximate surface area is 148 Å². The highest BCUT2D eigenvalue weighted by Gasteiger charge is 2.11. The van der Waals surface area contributed by atoms with Crippen molar-refractivity contribution in [3.63, 3.8) is 0 Å². The Hall–Kier alpha value is -2.91. The van der Waals surface area contributed by atoms with Crippen LogP contribution in [0.4, 0.5) is 0 Å². The van der Waals surface area contributed by atoms with Gasteiger partial charge >= 0.3 is 0 Å². The van der Waals surface area contributed by atoms with E-state index in [1.165, 1.54) is 5.56 Å². The number of hydrogen-bond donors (Lipinski definition) is 1. The third-order valence-electron chi connectivity index (χ3n) is 4.15. The van der Waals surface area contributed by atoms with Crippen LogP contribution in [0.15, 0.2) is 84.9 Å². The third kappa shape index (κ3) is 4.78. The molecule has 3 aromatic rings. The molecule has 0 unspecified atom stereocenters. The van der Waals surface area contributed by atoms with Crippen molar-refractivity contribution in [3.8, 4) is 11.1 Å². The van der Waals surface area contributed by atoms with Gasteiger partial charge in [-0.3, -0.25) is 10.0 Å². The molecule has 0 saturated heterocycles. The molecule has 0 aromatic heterocycles. The van der Waals surface area contributed by atoms with Gasteiger partial charge in [-0.2, -0.15) is 0 Å². The van der Waals surface area contributed by atoms with Gasteiger partial charge in [-0.25, -0.2) is 5.06 Å². The largest absolute Gasteiger partial charge is 0.286 e. The van der Waals surface area contributed by atoms with Crippen LogP contribution in [0.1, 0.15) is 17.5 Å². The summed E-state index contributed by atoms with van der Waals surface area (Å²) in [6.07, 6.45) is 0.897. The van der Waals surface area contributed by atoms with Crippen molar-refractivity contribution in [2.75, 3.05) is 0 Å². The number of rotatable bonds is 6. The fraction of sp³-hybridized carbons (Fsp3) is 0.136. The van der Waals surface area contributed by atoms with Crippen molar-refractivity contribution < 1.29 is 10.0 Å². The molecule has 0 aliphatic heterocycles. The Morgan fingerprint density at radius 1 is 0.720 bits per heavy atom. The van der Waals surface area contributed by atoms with E-state index < -0.39 is 0 Å². The first-order chi connectivity index (χ1) is 12.2. The van der Waals surface area contributed by atoms with Crippen LogP contribution in [0.2, 0.25) is 0 Å². The first kappa shape index (κ1) is 16.9. The van der Waals surface area contributed by atoms with E-state index >= 15 is 0 Å². The molecule has 126 valence electrons. The molecular formula is C22H21NO2. The Kier molecular flexibility index (Phi) is 5.60. The molecular weight excluding hydrogens is 310 g/mol. The Morgan fingerprint density at radius 2 is 1.28 bits per heavy atom. The van der Waals surface area contributed by atoms with Crippen LogP contribution in [-0.4, -0.2) is 16.2 Å². The zero-order valence-corrected chi connectivity index (χ0v) is 14.0. The molecule has 0 saturated carbocycles. The van der Waals surface area contributed by atoms with Gasteiger partial charge in [0.05, 0.1) is 6.54 Å². The smallest absolute Gasteiger partial charge is 0.246 e. The van der Waals surface area contributed by atoms with E-state index in [-0.39, 0.29) is 18.9 Å². The molecule has 3 aromatic carbocycles. The van der Waals surface area contributed by atoms with Gasteiger partial charge in [0.15, 0.2) is 0 Å². The Morgan fingerprint density at radius 3 is 1.92 bits per heavy atom. The van der Waals surface area contributed by atoms with Crippen molar-refractivity contribution in [1.29, 1.82) is 0 Å². The van der Waals surface area contributed by atoms with E-state index in [4.69, 9.17) is 0 Å². The SMILES string of the molecule is O=C(CCc1ccc(-c2ccccc2)cc1)N(O)Cc1ccccc1. The maximum atomic E-state index is 12.1. The summed E-state index contributed by atoms with van der Waals surface area (Å²) in [5, 5.41) is 10.7. The van der Waals surface area contributed by atoms with E-state index in [0.717, 1.165) is 21.8 Å². The lowest BCUT2D eigenvalue weighted by Crippen LogP contribution is -2.27. The van der Waals surface area contributed by atoms with Crippen molar-refractivity contribution >= 4 is 5.91 Å². The summed E-state index contributed by atoms with van der Waals surface area (Å²) >= 11 is 0. The minimum Gasteiger partial charge on any atom is -0.286 e. The van der Waals surface area contributed by atoms with Crippen molar-refractivity contribution in [1.82, 2.24) is 5.06 Å². The van der Waals surface area contributed by atoms with Crippen LogP contribution in [0, 0.1) is 0 Å². The molecule has 0 aliphatic rings. The van der Waals surface area contributed by atoms with E-state index in [9.17, 15) is 10.0 Å². The number of amides is 1. The van der Waals surface area contributed by atoms with E-state index in [1.807, 2.05) is 60.7 Å². The fourth-order valence-corrected chi connectivity index (χ4v) is 2.72. The molecule has 0 radical (unpaired) electrons. The van der Waals surface area contributed by atoms with Crippen molar-refractivity contribution in [3.05, 3.63) is 96.1 Å². The number of carbonyl (C=O) groups excluding carboxylic acids is 1. The minimum absolute atomic E-state index is 0.215. The molecule has 0 bridgehead atoms. The van der Waals surface area contributed by atoms with Gasteiger partial charge in [-0.05, 0) is 28.7 Å². The summed E-state index contributed by atoms with van der Waals surface area (Å²) < 4.78 is 0. The predicted molar refractivity (Wildman–Crippen MR) is 99.0 cm³/mol. The summed E-state index contributed by atoms with van der Waals surface area (Å²) in [6, 6.07) is 27.9. The van der Waals surface area contributed by atoms with Crippen LogP contribution >= 0.6 is 0 Å². The molecule has 1 amide bonds. The van der Waals surface area contributed by atoms with Gasteiger partial charge in [-0.1, -0.05) is 84.9 Å². The fourth-order valence-electron chi connectivity index (χ4n) is 2.72. The average molecular weight is 331 g/mol. The highest BCUT2D eigenvalue weighted by atomic mass is 16.5. The van der Waals surface area contributed by atoms with Crippen LogP contribution < -0.4 is 0 Å². The summed E-state index contributed by atoms with van der Waals surface area (Å²) in [4.78, 5) is 12.1. The predicted octanol–water partition coefficient (Wildman–Crippen LogP) is 4.70. The maximum Gasteiger partial charge on any atom is 0.246 e. The molecule has 0 atom stereocenters. The van der Waals surface area contributed by atoms with Gasteiger partial charge in [-0.15, -0.1) is 0 Å². The second kappa shape index (κ2) is 8.27. The highest BCUT2D eigenvalue weighted by Crippen LogP contribution is 2.19. The molecule has 25 heavy (non-hydrogen) atoms. The molecule has 0 spiro atoms. The Balaban J connectivity index is 1.53. The van der Waals surface area contributed by atoms with Gasteiger partial charge in [0.2, 0.25) is 5.91 Å². The second-order valence-electron chi connectivity index (χ2n) is 6.00. The molecule has 3 heteroatoms. The van der Waals surface area contributed by atoms with E-state index in [1.54, 1.807) is 0 Å². The number of aryl methyl sites for hydroxylation is 1. The highest BCUT2D eigenvalue weighted by molar-refractivity contribution is 5.75. The molecule has 0 fully saturated rings. The first-order valence-electron chi connectivity index (χ1n) is 8.40. The van der Waals surface area contributed by atoms with E-state index in [2.05, 4.69) is 24.3 Å². The van der Waals surface area contributed by atoms with Crippen LogP contribution in [0.5, 0.6) is 0 Å². The summed E-state index contributed by atoms with van der Waals surface area (Å²) in [5.74, 6) is -0.268. The lowest BCUT2D eigenvalue weighted by atomic mass is 10.0. The van der Waals surface area contributed by atoms with Crippen molar-refractivity contribution in [2.24, 2.45) is 0 Å². The lowest BCUT2D eigenvalue weighted by Gasteiger charge is -2.15. The molecule has 0 aliphatic carbocycles. The molecule has 0 heterocycles. The zero-order valence-electron chi connectivity index (χ0n) is 14.0. The number of carbonyl (C=O) groups is 1. The topological polar surface area (TPSA) is 40.5 Å². The lowest BCUT2D eigenvalue weighted by molar-refractivity contribution is -0.167. The average Bonchev–Trinajstić information content (AvgIpc) is 2.68. The normalized spacial score (nSPS) is 10.4. The van der Waals surface area contributed by atoms with Crippen molar-refractivity contribution in [2.45, 2.75) is 19.4 Å². The van der Waals surface area contributed by atoms with Gasteiger partial charge in [0.1, 0.15) is 0 Å². The number of hydrogen-bond acceptors (Lipinski definition) is 2.